The number of fused-ring (bicyclic) bond motifs is 1. The highest BCUT2D eigenvalue weighted by atomic mass is 127. The number of nitrogens with zero attached hydrogens (tertiary/aromatic N) is 1. The monoisotopic (exact) mass is 415 g/mol. The Morgan fingerprint density at radius 2 is 2.09 bits per heavy atom. The Hall–Kier alpha value is -1.44. The van der Waals surface area contributed by atoms with E-state index in [1.54, 1.807) is 7.05 Å². The first-order valence-corrected chi connectivity index (χ1v) is 7.23. The zero-order valence-corrected chi connectivity index (χ0v) is 15.1. The smallest absolute Gasteiger partial charge is 0.231 e. The van der Waals surface area contributed by atoms with Crippen LogP contribution in [-0.2, 0) is 5.41 Å². The molecule has 1 aliphatic heterocycles. The lowest BCUT2D eigenvalue weighted by Gasteiger charge is -2.19. The minimum Gasteiger partial charge on any atom is -0.454 e. The van der Waals surface area contributed by atoms with Crippen molar-refractivity contribution >= 4 is 29.9 Å². The molecule has 0 unspecified atom stereocenters. The van der Waals surface area contributed by atoms with Crippen LogP contribution in [0.25, 0.3) is 0 Å². The molecule has 5 nitrogen and oxygen atoms in total. The van der Waals surface area contributed by atoms with Crippen molar-refractivity contribution in [3.05, 3.63) is 36.4 Å². The van der Waals surface area contributed by atoms with Gasteiger partial charge in [0.2, 0.25) is 6.79 Å². The third-order valence-electron chi connectivity index (χ3n) is 4.07. The summed E-state index contributed by atoms with van der Waals surface area (Å²) in [5, 5.41) is 6.58. The maximum absolute atomic E-state index is 5.47. The number of rotatable bonds is 5. The molecule has 1 aliphatic carbocycles. The Balaban J connectivity index is 0.00000176. The summed E-state index contributed by atoms with van der Waals surface area (Å²) in [4.78, 5) is 4.21. The molecule has 1 heterocycles. The molecule has 0 amide bonds. The van der Waals surface area contributed by atoms with E-state index in [1.165, 1.54) is 18.4 Å². The minimum absolute atomic E-state index is 0. The molecule has 22 heavy (non-hydrogen) atoms. The summed E-state index contributed by atoms with van der Waals surface area (Å²) >= 11 is 0. The van der Waals surface area contributed by atoms with E-state index >= 15 is 0 Å². The topological polar surface area (TPSA) is 54.9 Å². The van der Waals surface area contributed by atoms with E-state index < -0.39 is 0 Å². The van der Waals surface area contributed by atoms with Gasteiger partial charge in [-0.3, -0.25) is 4.99 Å². The van der Waals surface area contributed by atoms with Gasteiger partial charge in [-0.05, 0) is 30.5 Å². The molecule has 0 saturated heterocycles. The van der Waals surface area contributed by atoms with Crippen LogP contribution in [-0.4, -0.2) is 32.9 Å². The van der Waals surface area contributed by atoms with Crippen LogP contribution in [0.1, 0.15) is 18.4 Å². The first kappa shape index (κ1) is 16.9. The summed E-state index contributed by atoms with van der Waals surface area (Å²) in [5.74, 6) is 2.50. The number of aliphatic imine (C=N–C) groups is 1. The van der Waals surface area contributed by atoms with Crippen molar-refractivity contribution < 1.29 is 9.47 Å². The van der Waals surface area contributed by atoms with Crippen LogP contribution in [0.4, 0.5) is 0 Å². The first-order chi connectivity index (χ1) is 10.3. The summed E-state index contributed by atoms with van der Waals surface area (Å²) in [5.41, 5.74) is 1.49. The van der Waals surface area contributed by atoms with Crippen molar-refractivity contribution in [3.63, 3.8) is 0 Å². The van der Waals surface area contributed by atoms with Crippen LogP contribution in [0.3, 0.4) is 0 Å². The number of benzene rings is 1. The molecular weight excluding hydrogens is 393 g/mol. The zero-order valence-electron chi connectivity index (χ0n) is 12.7. The fourth-order valence-corrected chi connectivity index (χ4v) is 2.59. The lowest BCUT2D eigenvalue weighted by Crippen LogP contribution is -2.41. The lowest BCUT2D eigenvalue weighted by molar-refractivity contribution is 0.174. The summed E-state index contributed by atoms with van der Waals surface area (Å²) < 4.78 is 10.8. The fraction of sp³-hybridized carbons (Fsp3) is 0.438. The van der Waals surface area contributed by atoms with E-state index in [1.807, 2.05) is 12.1 Å². The second kappa shape index (κ2) is 7.21. The first-order valence-electron chi connectivity index (χ1n) is 7.23. The SMILES string of the molecule is C=CCNC(=NC)NCC1(c2ccc3c(c2)OCO3)CC1.I. The van der Waals surface area contributed by atoms with E-state index in [9.17, 15) is 0 Å². The van der Waals surface area contributed by atoms with Gasteiger partial charge in [-0.25, -0.2) is 0 Å². The number of guanidine groups is 1. The number of hydrogen-bond acceptors (Lipinski definition) is 3. The molecule has 2 aliphatic rings. The van der Waals surface area contributed by atoms with Gasteiger partial charge in [0.25, 0.3) is 0 Å². The number of nitrogens with one attached hydrogen (secondary N) is 2. The molecule has 1 aromatic carbocycles. The van der Waals surface area contributed by atoms with Gasteiger partial charge in [0.1, 0.15) is 0 Å². The highest BCUT2D eigenvalue weighted by Crippen LogP contribution is 2.49. The quantitative estimate of drug-likeness (QED) is 0.336. The Labute approximate surface area is 148 Å². The number of ether oxygens (including phenoxy) is 2. The molecule has 2 N–H and O–H groups in total. The van der Waals surface area contributed by atoms with Crippen molar-refractivity contribution in [2.45, 2.75) is 18.3 Å². The Kier molecular flexibility index (Phi) is 5.55. The van der Waals surface area contributed by atoms with Crippen molar-refractivity contribution in [1.82, 2.24) is 10.6 Å². The molecule has 120 valence electrons. The van der Waals surface area contributed by atoms with Crippen LogP contribution >= 0.6 is 24.0 Å². The summed E-state index contributed by atoms with van der Waals surface area (Å²) in [6.07, 6.45) is 4.17. The van der Waals surface area contributed by atoms with Crippen molar-refractivity contribution in [2.75, 3.05) is 26.9 Å². The highest BCUT2D eigenvalue weighted by molar-refractivity contribution is 14.0. The van der Waals surface area contributed by atoms with Crippen molar-refractivity contribution in [2.24, 2.45) is 4.99 Å². The third-order valence-corrected chi connectivity index (χ3v) is 4.07. The molecule has 1 saturated carbocycles. The minimum atomic E-state index is 0. The number of hydrogen-bond donors (Lipinski definition) is 2. The van der Waals surface area contributed by atoms with E-state index in [0.717, 1.165) is 24.0 Å². The molecule has 1 aromatic rings. The molecule has 0 radical (unpaired) electrons. The highest BCUT2D eigenvalue weighted by Gasteiger charge is 2.44. The molecule has 1 fully saturated rings. The molecule has 6 heteroatoms. The van der Waals surface area contributed by atoms with Crippen LogP contribution in [0, 0.1) is 0 Å². The van der Waals surface area contributed by atoms with Crippen molar-refractivity contribution in [1.29, 1.82) is 0 Å². The third kappa shape index (κ3) is 3.48. The lowest BCUT2D eigenvalue weighted by atomic mass is 9.95. The van der Waals surface area contributed by atoms with E-state index in [-0.39, 0.29) is 29.4 Å². The second-order valence-corrected chi connectivity index (χ2v) is 5.44. The standard InChI is InChI=1S/C16H21N3O2.HI/c1-3-8-18-15(17-2)19-10-16(6-7-16)12-4-5-13-14(9-12)21-11-20-13;/h3-5,9H,1,6-8,10-11H2,2H3,(H2,17,18,19);1H. The zero-order chi connectivity index (χ0) is 14.7. The molecule has 0 bridgehead atoms. The van der Waals surface area contributed by atoms with Gasteiger partial charge in [-0.2, -0.15) is 0 Å². The molecular formula is C16H22IN3O2. The maximum Gasteiger partial charge on any atom is 0.231 e. The maximum atomic E-state index is 5.47. The van der Waals surface area contributed by atoms with Gasteiger partial charge >= 0.3 is 0 Å². The van der Waals surface area contributed by atoms with Gasteiger partial charge < -0.3 is 20.1 Å². The molecule has 0 aromatic heterocycles. The van der Waals surface area contributed by atoms with Crippen LogP contribution in [0.15, 0.2) is 35.8 Å². The molecule has 3 rings (SSSR count). The Morgan fingerprint density at radius 3 is 2.77 bits per heavy atom. The van der Waals surface area contributed by atoms with Gasteiger partial charge in [-0.15, -0.1) is 30.6 Å². The molecule has 0 atom stereocenters. The summed E-state index contributed by atoms with van der Waals surface area (Å²) in [6.45, 7) is 5.59. The average molecular weight is 415 g/mol. The predicted octanol–water partition coefficient (Wildman–Crippen LogP) is 2.42. The Bertz CT molecular complexity index is 571. The van der Waals surface area contributed by atoms with Crippen molar-refractivity contribution in [3.8, 4) is 11.5 Å². The Morgan fingerprint density at radius 1 is 1.32 bits per heavy atom. The normalized spacial score (nSPS) is 17.4. The average Bonchev–Trinajstić information content (AvgIpc) is 3.16. The summed E-state index contributed by atoms with van der Waals surface area (Å²) in [6, 6.07) is 6.25. The van der Waals surface area contributed by atoms with Gasteiger partial charge in [0, 0.05) is 25.6 Å². The summed E-state index contributed by atoms with van der Waals surface area (Å²) in [7, 11) is 1.78. The van der Waals surface area contributed by atoms with Crippen LogP contribution in [0.2, 0.25) is 0 Å². The van der Waals surface area contributed by atoms with Gasteiger partial charge in [0.05, 0.1) is 0 Å². The van der Waals surface area contributed by atoms with Crippen LogP contribution < -0.4 is 20.1 Å². The molecule has 0 spiro atoms. The second-order valence-electron chi connectivity index (χ2n) is 5.44. The van der Waals surface area contributed by atoms with E-state index in [2.05, 4.69) is 34.3 Å². The van der Waals surface area contributed by atoms with Gasteiger partial charge in [-0.1, -0.05) is 12.1 Å². The van der Waals surface area contributed by atoms with Gasteiger partial charge in [0.15, 0.2) is 17.5 Å². The van der Waals surface area contributed by atoms with Crippen LogP contribution in [0.5, 0.6) is 11.5 Å². The fourth-order valence-electron chi connectivity index (χ4n) is 2.59. The van der Waals surface area contributed by atoms with E-state index in [0.29, 0.717) is 13.3 Å². The largest absolute Gasteiger partial charge is 0.454 e. The number of halogens is 1. The van der Waals surface area contributed by atoms with E-state index in [4.69, 9.17) is 9.47 Å². The predicted molar refractivity (Wildman–Crippen MR) is 98.5 cm³/mol.